The van der Waals surface area contributed by atoms with Crippen molar-refractivity contribution in [3.63, 3.8) is 0 Å². The van der Waals surface area contributed by atoms with Crippen LogP contribution in [-0.2, 0) is 10.0 Å². The lowest BCUT2D eigenvalue weighted by atomic mass is 10.1. The quantitative estimate of drug-likeness (QED) is 0.626. The Hall–Kier alpha value is -2.49. The second-order valence-corrected chi connectivity index (χ2v) is 9.10. The number of hydrogen-bond acceptors (Lipinski definition) is 6. The molecule has 0 N–H and O–H groups in total. The molecule has 152 valence electrons. The van der Waals surface area contributed by atoms with E-state index in [4.69, 9.17) is 16.3 Å². The Bertz CT molecular complexity index is 1220. The molecule has 3 aromatic rings. The molecule has 3 heterocycles. The molecule has 1 aliphatic heterocycles. The van der Waals surface area contributed by atoms with Gasteiger partial charge in [-0.3, -0.25) is 9.36 Å². The fourth-order valence-corrected chi connectivity index (χ4v) is 5.48. The van der Waals surface area contributed by atoms with E-state index >= 15 is 0 Å². The fourth-order valence-electron chi connectivity index (χ4n) is 3.59. The fraction of sp³-hybridized carbons (Fsp3) is 0.316. The highest BCUT2D eigenvalue weighted by Crippen LogP contribution is 2.32. The number of nitrogens with zero attached hydrogens (tertiary/aromatic N) is 4. The van der Waals surface area contributed by atoms with E-state index < -0.39 is 10.0 Å². The molecule has 1 saturated heterocycles. The summed E-state index contributed by atoms with van der Waals surface area (Å²) in [6.07, 6.45) is 4.07. The van der Waals surface area contributed by atoms with Crippen molar-refractivity contribution in [3.8, 4) is 5.75 Å². The second kappa shape index (κ2) is 7.74. The molecule has 0 unspecified atom stereocenters. The van der Waals surface area contributed by atoms with E-state index in [1.165, 1.54) is 29.9 Å². The van der Waals surface area contributed by atoms with Crippen LogP contribution in [0.25, 0.3) is 11.0 Å². The molecule has 10 heteroatoms. The first kappa shape index (κ1) is 19.8. The number of sulfonamides is 1. The summed E-state index contributed by atoms with van der Waals surface area (Å²) in [6.45, 7) is 0.556. The van der Waals surface area contributed by atoms with Gasteiger partial charge in [-0.25, -0.2) is 18.4 Å². The molecule has 29 heavy (non-hydrogen) atoms. The minimum Gasteiger partial charge on any atom is -0.495 e. The Labute approximate surface area is 172 Å². The minimum absolute atomic E-state index is 0.0431. The van der Waals surface area contributed by atoms with Gasteiger partial charge >= 0.3 is 0 Å². The van der Waals surface area contributed by atoms with Crippen LogP contribution in [-0.4, -0.2) is 47.5 Å². The molecular formula is C19H19ClN4O4S. The number of aromatic nitrogens is 3. The predicted octanol–water partition coefficient (Wildman–Crippen LogP) is 2.48. The predicted molar refractivity (Wildman–Crippen MR) is 109 cm³/mol. The summed E-state index contributed by atoms with van der Waals surface area (Å²) >= 11 is 6.00. The summed E-state index contributed by atoms with van der Waals surface area (Å²) in [5.74, 6) is 0.249. The molecule has 0 aliphatic carbocycles. The average molecular weight is 435 g/mol. The Morgan fingerprint density at radius 1 is 1.17 bits per heavy atom. The van der Waals surface area contributed by atoms with Crippen molar-refractivity contribution in [1.29, 1.82) is 0 Å². The largest absolute Gasteiger partial charge is 0.495 e. The van der Waals surface area contributed by atoms with Gasteiger partial charge in [-0.2, -0.15) is 4.31 Å². The number of hydrogen-bond donors (Lipinski definition) is 0. The van der Waals surface area contributed by atoms with Crippen molar-refractivity contribution in [2.45, 2.75) is 23.8 Å². The van der Waals surface area contributed by atoms with Gasteiger partial charge in [-0.15, -0.1) is 0 Å². The van der Waals surface area contributed by atoms with Crippen LogP contribution in [0.5, 0.6) is 5.75 Å². The van der Waals surface area contributed by atoms with Gasteiger partial charge in [0.2, 0.25) is 10.0 Å². The zero-order valence-electron chi connectivity index (χ0n) is 15.7. The SMILES string of the molecule is COc1ccc(Cl)cc1S(=O)(=O)N1CCC(n2cnc3ncccc3c2=O)CC1. The Morgan fingerprint density at radius 2 is 1.93 bits per heavy atom. The van der Waals surface area contributed by atoms with Crippen molar-refractivity contribution in [2.24, 2.45) is 0 Å². The molecule has 4 rings (SSSR count). The Morgan fingerprint density at radius 3 is 2.66 bits per heavy atom. The number of piperidine rings is 1. The van der Waals surface area contributed by atoms with Crippen molar-refractivity contribution in [2.75, 3.05) is 20.2 Å². The second-order valence-electron chi connectivity index (χ2n) is 6.76. The van der Waals surface area contributed by atoms with Crippen molar-refractivity contribution in [1.82, 2.24) is 18.8 Å². The smallest absolute Gasteiger partial charge is 0.263 e. The molecule has 0 saturated carbocycles. The van der Waals surface area contributed by atoms with Gasteiger partial charge in [0.25, 0.3) is 5.56 Å². The van der Waals surface area contributed by atoms with Gasteiger partial charge in [0.05, 0.1) is 12.5 Å². The molecule has 2 aromatic heterocycles. The number of ether oxygens (including phenoxy) is 1. The number of rotatable bonds is 4. The van der Waals surface area contributed by atoms with Gasteiger partial charge < -0.3 is 4.74 Å². The topological polar surface area (TPSA) is 94.4 Å². The number of fused-ring (bicyclic) bond motifs is 1. The highest BCUT2D eigenvalue weighted by Gasteiger charge is 2.32. The third-order valence-corrected chi connectivity index (χ3v) is 7.27. The van der Waals surface area contributed by atoms with E-state index in [9.17, 15) is 13.2 Å². The average Bonchev–Trinajstić information content (AvgIpc) is 2.74. The zero-order valence-corrected chi connectivity index (χ0v) is 17.2. The molecule has 1 fully saturated rings. The van der Waals surface area contributed by atoms with Crippen molar-refractivity contribution in [3.05, 3.63) is 58.2 Å². The lowest BCUT2D eigenvalue weighted by Crippen LogP contribution is -2.41. The van der Waals surface area contributed by atoms with Crippen LogP contribution in [0.2, 0.25) is 5.02 Å². The molecule has 0 radical (unpaired) electrons. The van der Waals surface area contributed by atoms with Crippen LogP contribution in [0, 0.1) is 0 Å². The third kappa shape index (κ3) is 3.61. The maximum atomic E-state index is 13.1. The minimum atomic E-state index is -3.77. The molecule has 0 atom stereocenters. The molecule has 1 aliphatic rings. The van der Waals surface area contributed by atoms with Crippen LogP contribution in [0.15, 0.2) is 52.5 Å². The van der Waals surface area contributed by atoms with E-state index in [1.807, 2.05) is 0 Å². The summed E-state index contributed by atoms with van der Waals surface area (Å²) in [5.41, 5.74) is 0.239. The lowest BCUT2D eigenvalue weighted by molar-refractivity contribution is 0.269. The molecule has 0 bridgehead atoms. The maximum Gasteiger partial charge on any atom is 0.263 e. The summed E-state index contributed by atoms with van der Waals surface area (Å²) < 4.78 is 34.4. The van der Waals surface area contributed by atoms with Crippen LogP contribution in [0.4, 0.5) is 0 Å². The number of methoxy groups -OCH3 is 1. The van der Waals surface area contributed by atoms with Crippen LogP contribution >= 0.6 is 11.6 Å². The molecule has 0 spiro atoms. The van der Waals surface area contributed by atoms with E-state index in [0.717, 1.165) is 0 Å². The third-order valence-electron chi connectivity index (χ3n) is 5.12. The van der Waals surface area contributed by atoms with Crippen molar-refractivity contribution < 1.29 is 13.2 Å². The van der Waals surface area contributed by atoms with Gasteiger partial charge in [0.15, 0.2) is 5.65 Å². The van der Waals surface area contributed by atoms with E-state index in [-0.39, 0.29) is 35.3 Å². The number of pyridine rings is 1. The molecular weight excluding hydrogens is 416 g/mol. The van der Waals surface area contributed by atoms with Gasteiger partial charge in [-0.05, 0) is 43.2 Å². The monoisotopic (exact) mass is 434 g/mol. The first-order valence-electron chi connectivity index (χ1n) is 9.07. The van der Waals surface area contributed by atoms with Gasteiger partial charge in [0, 0.05) is 30.4 Å². The van der Waals surface area contributed by atoms with E-state index in [2.05, 4.69) is 9.97 Å². The van der Waals surface area contributed by atoms with Crippen molar-refractivity contribution >= 4 is 32.7 Å². The van der Waals surface area contributed by atoms with E-state index in [1.54, 1.807) is 29.0 Å². The normalized spacial score (nSPS) is 16.2. The molecule has 0 amide bonds. The zero-order chi connectivity index (χ0) is 20.6. The van der Waals surface area contributed by atoms with Gasteiger partial charge in [0.1, 0.15) is 17.0 Å². The lowest BCUT2D eigenvalue weighted by Gasteiger charge is -2.32. The van der Waals surface area contributed by atoms with Crippen LogP contribution < -0.4 is 10.3 Å². The first-order chi connectivity index (χ1) is 13.9. The first-order valence-corrected chi connectivity index (χ1v) is 10.9. The Balaban J connectivity index is 1.58. The maximum absolute atomic E-state index is 13.1. The van der Waals surface area contributed by atoms with Gasteiger partial charge in [-0.1, -0.05) is 11.6 Å². The Kier molecular flexibility index (Phi) is 5.28. The molecule has 8 nitrogen and oxygen atoms in total. The van der Waals surface area contributed by atoms with Crippen LogP contribution in [0.3, 0.4) is 0 Å². The van der Waals surface area contributed by atoms with E-state index in [0.29, 0.717) is 28.9 Å². The highest BCUT2D eigenvalue weighted by molar-refractivity contribution is 7.89. The standard InChI is InChI=1S/C19H19ClN4O4S/c1-28-16-5-4-13(20)11-17(16)29(26,27)23-9-6-14(7-10-23)24-12-22-18-15(19(24)25)3-2-8-21-18/h2-5,8,11-12,14H,6-7,9-10H2,1H3. The summed E-state index contributed by atoms with van der Waals surface area (Å²) in [5, 5.41) is 0.773. The summed E-state index contributed by atoms with van der Waals surface area (Å²) in [6, 6.07) is 7.78. The highest BCUT2D eigenvalue weighted by atomic mass is 35.5. The summed E-state index contributed by atoms with van der Waals surface area (Å²) in [4.78, 5) is 21.2. The number of benzene rings is 1. The number of halogens is 1. The molecule has 1 aromatic carbocycles. The van der Waals surface area contributed by atoms with Crippen LogP contribution in [0.1, 0.15) is 18.9 Å². The summed E-state index contributed by atoms with van der Waals surface area (Å²) in [7, 11) is -2.35.